The number of amides is 1. The largest absolute Gasteiger partial charge is 0.497 e. The van der Waals surface area contributed by atoms with Crippen LogP contribution >= 0.6 is 15.9 Å². The zero-order valence-electron chi connectivity index (χ0n) is 13.5. The Morgan fingerprint density at radius 1 is 1.08 bits per heavy atom. The van der Waals surface area contributed by atoms with Crippen LogP contribution in [0.4, 0.5) is 5.69 Å². The van der Waals surface area contributed by atoms with E-state index in [4.69, 9.17) is 13.9 Å². The van der Waals surface area contributed by atoms with E-state index in [1.54, 1.807) is 36.4 Å². The molecule has 2 aromatic carbocycles. The minimum atomic E-state index is -0.709. The second kappa shape index (κ2) is 6.98. The van der Waals surface area contributed by atoms with Crippen molar-refractivity contribution in [1.82, 2.24) is 0 Å². The number of hydrogen-bond donors (Lipinski definition) is 1. The van der Waals surface area contributed by atoms with Gasteiger partial charge in [-0.05, 0) is 36.4 Å². The number of hydrogen-bond acceptors (Lipinski definition) is 5. The number of carbonyl (C=O) groups is 1. The molecule has 25 heavy (non-hydrogen) atoms. The van der Waals surface area contributed by atoms with Gasteiger partial charge in [-0.3, -0.25) is 4.79 Å². The lowest BCUT2D eigenvalue weighted by molar-refractivity contribution is 0.102. The number of nitrogens with one attached hydrogen (secondary N) is 1. The molecule has 7 heteroatoms. The summed E-state index contributed by atoms with van der Waals surface area (Å²) in [6, 6.07) is 11.6. The van der Waals surface area contributed by atoms with Crippen molar-refractivity contribution in [2.24, 2.45) is 0 Å². The van der Waals surface area contributed by atoms with Crippen LogP contribution in [0.5, 0.6) is 11.5 Å². The molecule has 0 spiro atoms. The molecular formula is C18H14BrNO5. The second-order valence-corrected chi connectivity index (χ2v) is 6.07. The molecular weight excluding hydrogens is 390 g/mol. The lowest BCUT2D eigenvalue weighted by atomic mass is 10.1. The quantitative estimate of drug-likeness (QED) is 0.669. The van der Waals surface area contributed by atoms with Gasteiger partial charge in [-0.15, -0.1) is 0 Å². The standard InChI is InChI=1S/C18H14BrNO5/c1-23-12-4-5-14(16(9-12)24-2)20-17(21)13-8-10-7-11(19)3-6-15(10)25-18(13)22/h3-9H,1-2H3,(H,20,21). The summed E-state index contributed by atoms with van der Waals surface area (Å²) in [5, 5.41) is 3.30. The lowest BCUT2D eigenvalue weighted by Crippen LogP contribution is -2.21. The summed E-state index contributed by atoms with van der Waals surface area (Å²) in [7, 11) is 3.01. The molecule has 0 aliphatic heterocycles. The Morgan fingerprint density at radius 3 is 2.60 bits per heavy atom. The van der Waals surface area contributed by atoms with Crippen molar-refractivity contribution in [2.45, 2.75) is 0 Å². The predicted octanol–water partition coefficient (Wildman–Crippen LogP) is 3.83. The van der Waals surface area contributed by atoms with E-state index in [9.17, 15) is 9.59 Å². The van der Waals surface area contributed by atoms with Crippen LogP contribution in [0.1, 0.15) is 10.4 Å². The summed E-state index contributed by atoms with van der Waals surface area (Å²) in [6.45, 7) is 0. The van der Waals surface area contributed by atoms with Crippen LogP contribution in [0, 0.1) is 0 Å². The Kier molecular flexibility index (Phi) is 4.76. The van der Waals surface area contributed by atoms with Gasteiger partial charge in [0.25, 0.3) is 5.91 Å². The lowest BCUT2D eigenvalue weighted by Gasteiger charge is -2.11. The maximum atomic E-state index is 12.5. The molecule has 0 aliphatic carbocycles. The molecule has 0 aliphatic rings. The molecule has 6 nitrogen and oxygen atoms in total. The van der Waals surface area contributed by atoms with E-state index in [0.29, 0.717) is 28.2 Å². The molecule has 1 aromatic heterocycles. The van der Waals surface area contributed by atoms with Crippen LogP contribution < -0.4 is 20.4 Å². The third-order valence-corrected chi connectivity index (χ3v) is 4.09. The van der Waals surface area contributed by atoms with Crippen molar-refractivity contribution in [3.8, 4) is 11.5 Å². The normalized spacial score (nSPS) is 10.5. The van der Waals surface area contributed by atoms with Crippen LogP contribution in [-0.4, -0.2) is 20.1 Å². The minimum absolute atomic E-state index is 0.0940. The summed E-state index contributed by atoms with van der Waals surface area (Å²) in [5.41, 5.74) is 0.0251. The van der Waals surface area contributed by atoms with E-state index in [1.165, 1.54) is 20.3 Å². The summed E-state index contributed by atoms with van der Waals surface area (Å²) >= 11 is 3.35. The average Bonchev–Trinajstić information content (AvgIpc) is 2.61. The topological polar surface area (TPSA) is 77.8 Å². The first-order chi connectivity index (χ1) is 12.0. The number of benzene rings is 2. The van der Waals surface area contributed by atoms with Crippen LogP contribution in [0.25, 0.3) is 11.0 Å². The molecule has 0 unspecified atom stereocenters. The summed E-state index contributed by atoms with van der Waals surface area (Å²) < 4.78 is 16.4. The number of halogens is 1. The van der Waals surface area contributed by atoms with Gasteiger partial charge >= 0.3 is 5.63 Å². The Labute approximate surface area is 151 Å². The van der Waals surface area contributed by atoms with Crippen molar-refractivity contribution in [2.75, 3.05) is 19.5 Å². The Hall–Kier alpha value is -2.80. The number of carbonyl (C=O) groups excluding carboxylic acids is 1. The van der Waals surface area contributed by atoms with Gasteiger partial charge in [-0.1, -0.05) is 15.9 Å². The van der Waals surface area contributed by atoms with Crippen molar-refractivity contribution >= 4 is 38.5 Å². The second-order valence-electron chi connectivity index (χ2n) is 5.15. The molecule has 0 saturated carbocycles. The van der Waals surface area contributed by atoms with Gasteiger partial charge in [0.1, 0.15) is 22.6 Å². The van der Waals surface area contributed by atoms with Gasteiger partial charge in [0.15, 0.2) is 0 Å². The highest BCUT2D eigenvalue weighted by Crippen LogP contribution is 2.29. The highest BCUT2D eigenvalue weighted by atomic mass is 79.9. The van der Waals surface area contributed by atoms with E-state index in [0.717, 1.165) is 4.47 Å². The zero-order chi connectivity index (χ0) is 18.0. The van der Waals surface area contributed by atoms with E-state index < -0.39 is 11.5 Å². The van der Waals surface area contributed by atoms with Gasteiger partial charge < -0.3 is 19.2 Å². The van der Waals surface area contributed by atoms with Crippen molar-refractivity contribution < 1.29 is 18.7 Å². The van der Waals surface area contributed by atoms with E-state index in [2.05, 4.69) is 21.2 Å². The van der Waals surface area contributed by atoms with Gasteiger partial charge in [0, 0.05) is 15.9 Å². The van der Waals surface area contributed by atoms with Crippen molar-refractivity contribution in [1.29, 1.82) is 0 Å². The third kappa shape index (κ3) is 3.51. The number of methoxy groups -OCH3 is 2. The van der Waals surface area contributed by atoms with E-state index in [-0.39, 0.29) is 5.56 Å². The zero-order valence-corrected chi connectivity index (χ0v) is 15.0. The van der Waals surface area contributed by atoms with Crippen LogP contribution in [0.15, 0.2) is 56.1 Å². The van der Waals surface area contributed by atoms with Crippen LogP contribution in [0.3, 0.4) is 0 Å². The van der Waals surface area contributed by atoms with Gasteiger partial charge in [-0.2, -0.15) is 0 Å². The summed E-state index contributed by atoms with van der Waals surface area (Å²) in [4.78, 5) is 24.6. The van der Waals surface area contributed by atoms with E-state index in [1.807, 2.05) is 0 Å². The highest BCUT2D eigenvalue weighted by molar-refractivity contribution is 9.10. The van der Waals surface area contributed by atoms with Gasteiger partial charge in [-0.25, -0.2) is 4.79 Å². The molecule has 3 rings (SSSR count). The number of anilines is 1. The molecule has 0 bridgehead atoms. The number of fused-ring (bicyclic) bond motifs is 1. The van der Waals surface area contributed by atoms with Gasteiger partial charge in [0.05, 0.1) is 19.9 Å². The highest BCUT2D eigenvalue weighted by Gasteiger charge is 2.16. The monoisotopic (exact) mass is 403 g/mol. The molecule has 3 aromatic rings. The first kappa shape index (κ1) is 17.0. The fourth-order valence-electron chi connectivity index (χ4n) is 2.34. The number of rotatable bonds is 4. The SMILES string of the molecule is COc1ccc(NC(=O)c2cc3cc(Br)ccc3oc2=O)c(OC)c1. The fourth-order valence-corrected chi connectivity index (χ4v) is 2.72. The first-order valence-corrected chi connectivity index (χ1v) is 8.08. The third-order valence-electron chi connectivity index (χ3n) is 3.60. The molecule has 0 fully saturated rings. The smallest absolute Gasteiger partial charge is 0.349 e. The average molecular weight is 404 g/mol. The Morgan fingerprint density at radius 2 is 1.88 bits per heavy atom. The molecule has 0 atom stereocenters. The maximum Gasteiger partial charge on any atom is 0.349 e. The molecule has 128 valence electrons. The van der Waals surface area contributed by atoms with E-state index >= 15 is 0 Å². The first-order valence-electron chi connectivity index (χ1n) is 7.28. The van der Waals surface area contributed by atoms with Crippen LogP contribution in [-0.2, 0) is 0 Å². The minimum Gasteiger partial charge on any atom is -0.497 e. The molecule has 1 heterocycles. The molecule has 0 saturated heterocycles. The van der Waals surface area contributed by atoms with Gasteiger partial charge in [0.2, 0.25) is 0 Å². The Bertz CT molecular complexity index is 1010. The number of ether oxygens (including phenoxy) is 2. The molecule has 1 amide bonds. The summed E-state index contributed by atoms with van der Waals surface area (Å²) in [5.74, 6) is 0.421. The van der Waals surface area contributed by atoms with Crippen molar-refractivity contribution in [3.63, 3.8) is 0 Å². The molecule has 0 radical (unpaired) electrons. The molecule has 1 N–H and O–H groups in total. The summed E-state index contributed by atoms with van der Waals surface area (Å²) in [6.07, 6.45) is 0. The van der Waals surface area contributed by atoms with Crippen LogP contribution in [0.2, 0.25) is 0 Å². The predicted molar refractivity (Wildman–Crippen MR) is 97.7 cm³/mol. The van der Waals surface area contributed by atoms with Crippen molar-refractivity contribution in [3.05, 3.63) is 62.9 Å². The fraction of sp³-hybridized carbons (Fsp3) is 0.111. The Balaban J connectivity index is 1.97. The maximum absolute atomic E-state index is 12.5.